The van der Waals surface area contributed by atoms with E-state index < -0.39 is 0 Å². The van der Waals surface area contributed by atoms with Crippen LogP contribution < -0.4 is 4.74 Å². The highest BCUT2D eigenvalue weighted by Crippen LogP contribution is 2.40. The van der Waals surface area contributed by atoms with Crippen LogP contribution in [-0.2, 0) is 4.74 Å². The first-order valence-electron chi connectivity index (χ1n) is 6.33. The Kier molecular flexibility index (Phi) is 5.10. The highest BCUT2D eigenvalue weighted by molar-refractivity contribution is 9.11. The highest BCUT2D eigenvalue weighted by Gasteiger charge is 2.30. The molecule has 0 radical (unpaired) electrons. The van der Waals surface area contributed by atoms with E-state index >= 15 is 0 Å². The standard InChI is InChI=1S/C14H18Br2O2/c1-3-17-10-5-6-11(12(15)8-10)14(16)13-7-4-9(2)18-13/h5-6,8-9,13-14H,3-4,7H2,1-2H3. The molecule has 1 saturated heterocycles. The summed E-state index contributed by atoms with van der Waals surface area (Å²) in [5.74, 6) is 0.897. The van der Waals surface area contributed by atoms with Crippen LogP contribution >= 0.6 is 31.9 Å². The number of hydrogen-bond acceptors (Lipinski definition) is 2. The van der Waals surface area contributed by atoms with Crippen molar-refractivity contribution < 1.29 is 9.47 Å². The van der Waals surface area contributed by atoms with Crippen molar-refractivity contribution in [3.63, 3.8) is 0 Å². The fraction of sp³-hybridized carbons (Fsp3) is 0.571. The Morgan fingerprint density at radius 3 is 2.78 bits per heavy atom. The van der Waals surface area contributed by atoms with Gasteiger partial charge in [0.05, 0.1) is 23.6 Å². The average molecular weight is 378 g/mol. The van der Waals surface area contributed by atoms with Crippen molar-refractivity contribution in [3.05, 3.63) is 28.2 Å². The maximum atomic E-state index is 5.91. The summed E-state index contributed by atoms with van der Waals surface area (Å²) in [5, 5.41) is 0. The summed E-state index contributed by atoms with van der Waals surface area (Å²) >= 11 is 7.37. The second-order valence-electron chi connectivity index (χ2n) is 4.58. The molecule has 0 bridgehead atoms. The zero-order valence-corrected chi connectivity index (χ0v) is 13.8. The van der Waals surface area contributed by atoms with Crippen LogP contribution in [-0.4, -0.2) is 18.8 Å². The molecule has 2 nitrogen and oxygen atoms in total. The lowest BCUT2D eigenvalue weighted by molar-refractivity contribution is 0.0556. The van der Waals surface area contributed by atoms with E-state index in [4.69, 9.17) is 9.47 Å². The van der Waals surface area contributed by atoms with Gasteiger partial charge in [0.15, 0.2) is 0 Å². The number of hydrogen-bond donors (Lipinski definition) is 0. The molecule has 100 valence electrons. The summed E-state index contributed by atoms with van der Waals surface area (Å²) in [7, 11) is 0. The van der Waals surface area contributed by atoms with Crippen LogP contribution in [0.4, 0.5) is 0 Å². The van der Waals surface area contributed by atoms with Crippen molar-refractivity contribution in [2.75, 3.05) is 6.61 Å². The Hall–Kier alpha value is -0.0600. The maximum absolute atomic E-state index is 5.91. The normalized spacial score (nSPS) is 25.1. The van der Waals surface area contributed by atoms with E-state index in [9.17, 15) is 0 Å². The Morgan fingerprint density at radius 2 is 2.22 bits per heavy atom. The van der Waals surface area contributed by atoms with Gasteiger partial charge in [-0.15, -0.1) is 0 Å². The number of ether oxygens (including phenoxy) is 2. The zero-order chi connectivity index (χ0) is 13.1. The van der Waals surface area contributed by atoms with E-state index in [0.717, 1.165) is 23.1 Å². The van der Waals surface area contributed by atoms with E-state index in [1.165, 1.54) is 5.56 Å². The number of benzene rings is 1. The fourth-order valence-electron chi connectivity index (χ4n) is 2.24. The molecule has 2 rings (SSSR count). The minimum Gasteiger partial charge on any atom is -0.494 e. The van der Waals surface area contributed by atoms with E-state index in [2.05, 4.69) is 44.8 Å². The van der Waals surface area contributed by atoms with Gasteiger partial charge in [0.25, 0.3) is 0 Å². The highest BCUT2D eigenvalue weighted by atomic mass is 79.9. The molecule has 0 aromatic heterocycles. The van der Waals surface area contributed by atoms with Gasteiger partial charge in [0, 0.05) is 4.47 Å². The summed E-state index contributed by atoms with van der Waals surface area (Å²) in [5.41, 5.74) is 1.22. The van der Waals surface area contributed by atoms with E-state index in [0.29, 0.717) is 12.7 Å². The molecule has 1 aliphatic rings. The van der Waals surface area contributed by atoms with Gasteiger partial charge in [-0.25, -0.2) is 0 Å². The van der Waals surface area contributed by atoms with Crippen molar-refractivity contribution in [2.45, 2.75) is 43.7 Å². The van der Waals surface area contributed by atoms with Gasteiger partial charge in [-0.1, -0.05) is 37.9 Å². The largest absolute Gasteiger partial charge is 0.494 e. The van der Waals surface area contributed by atoms with Crippen molar-refractivity contribution in [1.82, 2.24) is 0 Å². The molecule has 1 aromatic carbocycles. The molecule has 1 fully saturated rings. The first-order valence-corrected chi connectivity index (χ1v) is 8.04. The molecule has 18 heavy (non-hydrogen) atoms. The summed E-state index contributed by atoms with van der Waals surface area (Å²) in [4.78, 5) is 0.229. The SMILES string of the molecule is CCOc1ccc(C(Br)C2CCC(C)O2)c(Br)c1. The van der Waals surface area contributed by atoms with Crippen LogP contribution in [0.5, 0.6) is 5.75 Å². The van der Waals surface area contributed by atoms with Gasteiger partial charge in [-0.05, 0) is 44.4 Å². The molecule has 1 heterocycles. The Bertz CT molecular complexity index is 409. The lowest BCUT2D eigenvalue weighted by Crippen LogP contribution is -2.14. The Labute approximate surface area is 125 Å². The van der Waals surface area contributed by atoms with E-state index in [1.807, 2.05) is 19.1 Å². The van der Waals surface area contributed by atoms with Crippen LogP contribution in [0.1, 0.15) is 37.1 Å². The van der Waals surface area contributed by atoms with Crippen LogP contribution in [0.15, 0.2) is 22.7 Å². The van der Waals surface area contributed by atoms with Gasteiger partial charge < -0.3 is 9.47 Å². The molecule has 4 heteroatoms. The summed E-state index contributed by atoms with van der Waals surface area (Å²) in [6.45, 7) is 4.81. The first kappa shape index (κ1) is 14.4. The lowest BCUT2D eigenvalue weighted by atomic mass is 10.1. The Balaban J connectivity index is 2.12. The third-order valence-electron chi connectivity index (χ3n) is 3.17. The van der Waals surface area contributed by atoms with Crippen LogP contribution in [0.2, 0.25) is 0 Å². The summed E-state index contributed by atoms with van der Waals surface area (Å²) in [6, 6.07) is 6.13. The molecule has 1 aliphatic heterocycles. The average Bonchev–Trinajstić information content (AvgIpc) is 2.76. The molecule has 0 spiro atoms. The van der Waals surface area contributed by atoms with Crippen molar-refractivity contribution in [3.8, 4) is 5.75 Å². The molecule has 3 unspecified atom stereocenters. The number of halogens is 2. The summed E-state index contributed by atoms with van der Waals surface area (Å²) < 4.78 is 12.5. The predicted octanol–water partition coefficient (Wildman–Crippen LogP) is 4.85. The minimum atomic E-state index is 0.229. The van der Waals surface area contributed by atoms with Gasteiger partial charge in [0.1, 0.15) is 5.75 Å². The lowest BCUT2D eigenvalue weighted by Gasteiger charge is -2.20. The van der Waals surface area contributed by atoms with E-state index in [-0.39, 0.29) is 10.9 Å². The van der Waals surface area contributed by atoms with Gasteiger partial charge in [0.2, 0.25) is 0 Å². The third kappa shape index (κ3) is 3.28. The molecule has 0 aliphatic carbocycles. The van der Waals surface area contributed by atoms with Crippen molar-refractivity contribution in [2.24, 2.45) is 0 Å². The molecule has 3 atom stereocenters. The molecular weight excluding hydrogens is 360 g/mol. The van der Waals surface area contributed by atoms with Crippen LogP contribution in [0, 0.1) is 0 Å². The maximum Gasteiger partial charge on any atom is 0.120 e. The zero-order valence-electron chi connectivity index (χ0n) is 10.7. The summed E-state index contributed by atoms with van der Waals surface area (Å²) in [6.07, 6.45) is 2.88. The molecular formula is C14H18Br2O2. The van der Waals surface area contributed by atoms with Crippen LogP contribution in [0.3, 0.4) is 0 Å². The topological polar surface area (TPSA) is 18.5 Å². The molecule has 0 amide bonds. The minimum absolute atomic E-state index is 0.229. The predicted molar refractivity (Wildman–Crippen MR) is 80.5 cm³/mol. The molecule has 1 aromatic rings. The number of rotatable bonds is 4. The number of alkyl halides is 1. The van der Waals surface area contributed by atoms with Gasteiger partial charge >= 0.3 is 0 Å². The first-order chi connectivity index (χ1) is 8.61. The molecule has 0 saturated carbocycles. The quantitative estimate of drug-likeness (QED) is 0.698. The third-order valence-corrected chi connectivity index (χ3v) is 4.94. The van der Waals surface area contributed by atoms with Gasteiger partial charge in [-0.3, -0.25) is 0 Å². The van der Waals surface area contributed by atoms with Crippen LogP contribution in [0.25, 0.3) is 0 Å². The van der Waals surface area contributed by atoms with Crippen molar-refractivity contribution >= 4 is 31.9 Å². The Morgan fingerprint density at radius 1 is 1.44 bits per heavy atom. The molecule has 0 N–H and O–H groups in total. The second kappa shape index (κ2) is 6.40. The van der Waals surface area contributed by atoms with Gasteiger partial charge in [-0.2, -0.15) is 0 Å². The smallest absolute Gasteiger partial charge is 0.120 e. The second-order valence-corrected chi connectivity index (χ2v) is 6.42. The fourth-order valence-corrected chi connectivity index (χ4v) is 3.94. The van der Waals surface area contributed by atoms with Crippen molar-refractivity contribution in [1.29, 1.82) is 0 Å². The van der Waals surface area contributed by atoms with E-state index in [1.54, 1.807) is 0 Å². The monoisotopic (exact) mass is 376 g/mol.